The fourth-order valence-corrected chi connectivity index (χ4v) is 4.42. The summed E-state index contributed by atoms with van der Waals surface area (Å²) in [5.74, 6) is 0.398. The van der Waals surface area contributed by atoms with Crippen molar-refractivity contribution in [3.8, 4) is 5.75 Å². The van der Waals surface area contributed by atoms with Gasteiger partial charge in [-0.2, -0.15) is 4.31 Å². The zero-order valence-electron chi connectivity index (χ0n) is 15.2. The van der Waals surface area contributed by atoms with Gasteiger partial charge in [0.1, 0.15) is 16.4 Å². The first-order valence-corrected chi connectivity index (χ1v) is 9.97. The number of furan rings is 1. The van der Waals surface area contributed by atoms with Crippen LogP contribution < -0.4 is 10.1 Å². The van der Waals surface area contributed by atoms with E-state index in [1.165, 1.54) is 35.9 Å². The number of nitrogens with zero attached hydrogens (tertiary/aromatic N) is 1. The Bertz CT molecular complexity index is 889. The molecule has 27 heavy (non-hydrogen) atoms. The van der Waals surface area contributed by atoms with Crippen molar-refractivity contribution in [1.82, 2.24) is 9.62 Å². The molecule has 1 aliphatic heterocycles. The first kappa shape index (κ1) is 19.4. The number of hydrogen-bond acceptors (Lipinski definition) is 6. The second kappa shape index (κ2) is 8.12. The van der Waals surface area contributed by atoms with Gasteiger partial charge in [-0.05, 0) is 37.3 Å². The predicted octanol–water partition coefficient (Wildman–Crippen LogP) is 1.80. The van der Waals surface area contributed by atoms with Gasteiger partial charge in [-0.1, -0.05) is 0 Å². The third-order valence-electron chi connectivity index (χ3n) is 4.33. The second-order valence-corrected chi connectivity index (χ2v) is 8.00. The Labute approximate surface area is 158 Å². The Morgan fingerprint density at radius 3 is 2.63 bits per heavy atom. The van der Waals surface area contributed by atoms with E-state index in [0.717, 1.165) is 0 Å². The number of benzene rings is 1. The lowest BCUT2D eigenvalue weighted by atomic mass is 10.1. The highest BCUT2D eigenvalue weighted by Gasteiger charge is 2.30. The number of morpholine rings is 1. The second-order valence-electron chi connectivity index (χ2n) is 6.09. The van der Waals surface area contributed by atoms with Crippen LogP contribution in [0.15, 0.2) is 45.9 Å². The van der Waals surface area contributed by atoms with Crippen molar-refractivity contribution < 1.29 is 27.1 Å². The predicted molar refractivity (Wildman–Crippen MR) is 97.2 cm³/mol. The summed E-state index contributed by atoms with van der Waals surface area (Å²) in [6.07, 6.45) is 1.53. The van der Waals surface area contributed by atoms with Gasteiger partial charge < -0.3 is 19.2 Å². The molecule has 9 heteroatoms. The molecule has 1 aromatic heterocycles. The van der Waals surface area contributed by atoms with E-state index in [1.807, 2.05) is 0 Å². The van der Waals surface area contributed by atoms with E-state index in [9.17, 15) is 13.2 Å². The summed E-state index contributed by atoms with van der Waals surface area (Å²) < 4.78 is 43.0. The van der Waals surface area contributed by atoms with E-state index in [0.29, 0.717) is 19.0 Å². The van der Waals surface area contributed by atoms with E-state index in [-0.39, 0.29) is 35.3 Å². The normalized spacial score (nSPS) is 16.7. The molecule has 1 atom stereocenters. The summed E-state index contributed by atoms with van der Waals surface area (Å²) in [5, 5.41) is 2.79. The molecular weight excluding hydrogens is 372 g/mol. The van der Waals surface area contributed by atoms with E-state index in [2.05, 4.69) is 5.32 Å². The molecule has 1 fully saturated rings. The van der Waals surface area contributed by atoms with Crippen LogP contribution in [0.5, 0.6) is 5.75 Å². The Morgan fingerprint density at radius 2 is 2.00 bits per heavy atom. The van der Waals surface area contributed by atoms with Crippen molar-refractivity contribution in [1.29, 1.82) is 0 Å². The Kier molecular flexibility index (Phi) is 5.83. The molecule has 0 radical (unpaired) electrons. The van der Waals surface area contributed by atoms with Gasteiger partial charge in [0.15, 0.2) is 0 Å². The number of sulfonamides is 1. The third-order valence-corrected chi connectivity index (χ3v) is 6.25. The first-order chi connectivity index (χ1) is 12.9. The van der Waals surface area contributed by atoms with Crippen molar-refractivity contribution in [2.45, 2.75) is 17.9 Å². The lowest BCUT2D eigenvalue weighted by molar-refractivity contribution is 0.0729. The van der Waals surface area contributed by atoms with Gasteiger partial charge in [-0.25, -0.2) is 8.42 Å². The van der Waals surface area contributed by atoms with Gasteiger partial charge in [0.25, 0.3) is 5.91 Å². The average Bonchev–Trinajstić information content (AvgIpc) is 3.23. The zero-order valence-corrected chi connectivity index (χ0v) is 16.0. The minimum Gasteiger partial charge on any atom is -0.495 e. The molecule has 146 valence electrons. The minimum atomic E-state index is -3.80. The molecule has 8 nitrogen and oxygen atoms in total. The first-order valence-electron chi connectivity index (χ1n) is 8.53. The highest BCUT2D eigenvalue weighted by molar-refractivity contribution is 7.89. The summed E-state index contributed by atoms with van der Waals surface area (Å²) in [7, 11) is -2.41. The van der Waals surface area contributed by atoms with Gasteiger partial charge in [-0.3, -0.25) is 4.79 Å². The summed E-state index contributed by atoms with van der Waals surface area (Å²) in [6, 6.07) is 7.49. The van der Waals surface area contributed by atoms with Crippen LogP contribution in [0.1, 0.15) is 29.1 Å². The third kappa shape index (κ3) is 4.15. The Morgan fingerprint density at radius 1 is 1.26 bits per heavy atom. The van der Waals surface area contributed by atoms with Gasteiger partial charge in [0, 0.05) is 18.7 Å². The highest BCUT2D eigenvalue weighted by Crippen LogP contribution is 2.28. The van der Waals surface area contributed by atoms with Gasteiger partial charge in [0.2, 0.25) is 10.0 Å². The van der Waals surface area contributed by atoms with Gasteiger partial charge >= 0.3 is 0 Å². The molecule has 2 heterocycles. The van der Waals surface area contributed by atoms with Gasteiger partial charge in [-0.15, -0.1) is 0 Å². The number of hydrogen-bond donors (Lipinski definition) is 1. The molecule has 0 unspecified atom stereocenters. The molecule has 2 aromatic rings. The van der Waals surface area contributed by atoms with Crippen molar-refractivity contribution in [3.05, 3.63) is 47.9 Å². The average molecular weight is 394 g/mol. The van der Waals surface area contributed by atoms with Crippen LogP contribution in [-0.4, -0.2) is 52.0 Å². The topological polar surface area (TPSA) is 98.1 Å². The van der Waals surface area contributed by atoms with Crippen LogP contribution in [0.2, 0.25) is 0 Å². The highest BCUT2D eigenvalue weighted by atomic mass is 32.2. The maximum Gasteiger partial charge on any atom is 0.251 e. The van der Waals surface area contributed by atoms with Crippen molar-refractivity contribution in [3.63, 3.8) is 0 Å². The molecular formula is C18H22N2O6S. The van der Waals surface area contributed by atoms with Crippen LogP contribution >= 0.6 is 0 Å². The molecule has 1 aromatic carbocycles. The molecule has 0 spiro atoms. The molecule has 1 saturated heterocycles. The van der Waals surface area contributed by atoms with E-state index in [4.69, 9.17) is 13.9 Å². The fourth-order valence-electron chi connectivity index (χ4n) is 2.83. The van der Waals surface area contributed by atoms with Crippen molar-refractivity contribution in [2.24, 2.45) is 0 Å². The quantitative estimate of drug-likeness (QED) is 0.802. The fraction of sp³-hybridized carbons (Fsp3) is 0.389. The van der Waals surface area contributed by atoms with Crippen LogP contribution in [0.25, 0.3) is 0 Å². The molecule has 0 saturated carbocycles. The minimum absolute atomic E-state index is 0.0369. The molecule has 0 bridgehead atoms. The van der Waals surface area contributed by atoms with Gasteiger partial charge in [0.05, 0.1) is 32.6 Å². The van der Waals surface area contributed by atoms with E-state index < -0.39 is 15.9 Å². The largest absolute Gasteiger partial charge is 0.495 e. The monoisotopic (exact) mass is 394 g/mol. The molecule has 1 amide bonds. The van der Waals surface area contributed by atoms with E-state index >= 15 is 0 Å². The number of nitrogens with one attached hydrogen (secondary N) is 1. The Balaban J connectivity index is 1.87. The summed E-state index contributed by atoms with van der Waals surface area (Å²) in [5.41, 5.74) is 0.223. The number of amides is 1. The maximum absolute atomic E-state index is 13.0. The molecule has 3 rings (SSSR count). The summed E-state index contributed by atoms with van der Waals surface area (Å²) in [4.78, 5) is 12.5. The lowest BCUT2D eigenvalue weighted by Gasteiger charge is -2.26. The number of carbonyl (C=O) groups is 1. The molecule has 0 aliphatic carbocycles. The molecule has 1 N–H and O–H groups in total. The maximum atomic E-state index is 13.0. The standard InChI is InChI=1S/C18H22N2O6S/c1-13(15-4-3-9-26-15)19-18(21)14-5-6-16(24-2)17(12-14)27(22,23)20-7-10-25-11-8-20/h3-6,9,12-13H,7-8,10-11H2,1-2H3,(H,19,21)/t13-/m1/s1. The van der Waals surface area contributed by atoms with Crippen LogP contribution in [0, 0.1) is 0 Å². The summed E-state index contributed by atoms with van der Waals surface area (Å²) in [6.45, 7) is 2.98. The van der Waals surface area contributed by atoms with Crippen molar-refractivity contribution >= 4 is 15.9 Å². The zero-order chi connectivity index (χ0) is 19.4. The van der Waals surface area contributed by atoms with Crippen LogP contribution in [0.3, 0.4) is 0 Å². The van der Waals surface area contributed by atoms with Crippen LogP contribution in [0.4, 0.5) is 0 Å². The lowest BCUT2D eigenvalue weighted by Crippen LogP contribution is -2.40. The molecule has 1 aliphatic rings. The van der Waals surface area contributed by atoms with E-state index in [1.54, 1.807) is 19.1 Å². The number of methoxy groups -OCH3 is 1. The number of carbonyl (C=O) groups excluding carboxylic acids is 1. The number of rotatable bonds is 6. The Hall–Kier alpha value is -2.36. The smallest absolute Gasteiger partial charge is 0.251 e. The van der Waals surface area contributed by atoms with Crippen LogP contribution in [-0.2, 0) is 14.8 Å². The summed E-state index contributed by atoms with van der Waals surface area (Å²) >= 11 is 0. The SMILES string of the molecule is COc1ccc(C(=O)N[C@H](C)c2ccco2)cc1S(=O)(=O)N1CCOCC1. The van der Waals surface area contributed by atoms with Crippen molar-refractivity contribution in [2.75, 3.05) is 33.4 Å². The number of ether oxygens (including phenoxy) is 2.